The van der Waals surface area contributed by atoms with Gasteiger partial charge in [-0.05, 0) is 57.4 Å². The zero-order valence-electron chi connectivity index (χ0n) is 15.0. The Morgan fingerprint density at radius 2 is 1.84 bits per heavy atom. The van der Waals surface area contributed by atoms with Crippen LogP contribution < -0.4 is 9.47 Å². The molecule has 1 fully saturated rings. The molecule has 1 heterocycles. The second-order valence-corrected chi connectivity index (χ2v) is 6.64. The lowest BCUT2D eigenvalue weighted by Gasteiger charge is -2.37. The number of carboxylic acid groups (broad SMARTS) is 1. The standard InChI is InChI=1S/C19H27NO5/c1-3-24-15-7-9-16(10-8-15)25-13-4-6-17(21)20-12-5-11-19(2,14-20)18(22)23/h7-10H,3-6,11-14H2,1-2H3,(H,22,23). The van der Waals surface area contributed by atoms with Gasteiger partial charge in [0.25, 0.3) is 0 Å². The summed E-state index contributed by atoms with van der Waals surface area (Å²) in [6.45, 7) is 5.65. The molecule has 1 unspecified atom stereocenters. The third-order valence-electron chi connectivity index (χ3n) is 4.50. The molecule has 0 aliphatic carbocycles. The number of piperidine rings is 1. The quantitative estimate of drug-likeness (QED) is 0.730. The molecule has 0 aromatic heterocycles. The van der Waals surface area contributed by atoms with Crippen molar-refractivity contribution < 1.29 is 24.2 Å². The molecule has 25 heavy (non-hydrogen) atoms. The number of carbonyl (C=O) groups excluding carboxylic acids is 1. The average molecular weight is 349 g/mol. The minimum absolute atomic E-state index is 0.00229. The van der Waals surface area contributed by atoms with Crippen molar-refractivity contribution in [2.75, 3.05) is 26.3 Å². The van der Waals surface area contributed by atoms with Gasteiger partial charge in [0, 0.05) is 19.5 Å². The zero-order valence-corrected chi connectivity index (χ0v) is 15.0. The van der Waals surface area contributed by atoms with E-state index in [1.165, 1.54) is 0 Å². The molecule has 1 aliphatic heterocycles. The molecule has 0 saturated carbocycles. The van der Waals surface area contributed by atoms with E-state index in [9.17, 15) is 14.7 Å². The van der Waals surface area contributed by atoms with E-state index in [-0.39, 0.29) is 5.91 Å². The van der Waals surface area contributed by atoms with E-state index in [2.05, 4.69) is 0 Å². The molecule has 6 nitrogen and oxygen atoms in total. The van der Waals surface area contributed by atoms with Crippen LogP contribution in [0.3, 0.4) is 0 Å². The van der Waals surface area contributed by atoms with Gasteiger partial charge in [-0.15, -0.1) is 0 Å². The third kappa shape index (κ3) is 5.37. The van der Waals surface area contributed by atoms with E-state index in [0.29, 0.717) is 45.6 Å². The van der Waals surface area contributed by atoms with Gasteiger partial charge < -0.3 is 19.5 Å². The molecule has 1 aromatic carbocycles. The van der Waals surface area contributed by atoms with Crippen LogP contribution in [0, 0.1) is 5.41 Å². The minimum Gasteiger partial charge on any atom is -0.494 e. The molecule has 138 valence electrons. The Hall–Kier alpha value is -2.24. The second-order valence-electron chi connectivity index (χ2n) is 6.64. The Morgan fingerprint density at radius 3 is 2.44 bits per heavy atom. The highest BCUT2D eigenvalue weighted by molar-refractivity contribution is 5.79. The van der Waals surface area contributed by atoms with Crippen LogP contribution in [0.15, 0.2) is 24.3 Å². The normalized spacial score (nSPS) is 20.2. The molecule has 2 rings (SSSR count). The predicted octanol–water partition coefficient (Wildman–Crippen LogP) is 2.96. The summed E-state index contributed by atoms with van der Waals surface area (Å²) < 4.78 is 11.0. The van der Waals surface area contributed by atoms with Crippen LogP contribution in [0.4, 0.5) is 0 Å². The number of ether oxygens (including phenoxy) is 2. The second kappa shape index (κ2) is 8.74. The van der Waals surface area contributed by atoms with Gasteiger partial charge in [-0.3, -0.25) is 9.59 Å². The summed E-state index contributed by atoms with van der Waals surface area (Å²) in [5.41, 5.74) is -0.827. The smallest absolute Gasteiger partial charge is 0.311 e. The Balaban J connectivity index is 1.72. The summed E-state index contributed by atoms with van der Waals surface area (Å²) in [6, 6.07) is 7.39. The summed E-state index contributed by atoms with van der Waals surface area (Å²) >= 11 is 0. The fourth-order valence-corrected chi connectivity index (χ4v) is 3.00. The highest BCUT2D eigenvalue weighted by Gasteiger charge is 2.39. The van der Waals surface area contributed by atoms with Crippen LogP contribution >= 0.6 is 0 Å². The highest BCUT2D eigenvalue weighted by atomic mass is 16.5. The van der Waals surface area contributed by atoms with Crippen molar-refractivity contribution in [1.82, 2.24) is 4.90 Å². The number of hydrogen-bond donors (Lipinski definition) is 1. The molecule has 6 heteroatoms. The van der Waals surface area contributed by atoms with E-state index < -0.39 is 11.4 Å². The first-order chi connectivity index (χ1) is 11.9. The molecule has 0 radical (unpaired) electrons. The topological polar surface area (TPSA) is 76.1 Å². The first-order valence-electron chi connectivity index (χ1n) is 8.81. The molecule has 1 amide bonds. The van der Waals surface area contributed by atoms with Crippen LogP contribution in [0.5, 0.6) is 11.5 Å². The van der Waals surface area contributed by atoms with Gasteiger partial charge in [0.15, 0.2) is 0 Å². The molecule has 1 N–H and O–H groups in total. The molecule has 1 saturated heterocycles. The Bertz CT molecular complexity index is 586. The van der Waals surface area contributed by atoms with E-state index in [0.717, 1.165) is 17.9 Å². The lowest BCUT2D eigenvalue weighted by molar-refractivity contribution is -0.153. The molecular weight excluding hydrogens is 322 g/mol. The number of carboxylic acids is 1. The fraction of sp³-hybridized carbons (Fsp3) is 0.579. The Kier molecular flexibility index (Phi) is 6.67. The van der Waals surface area contributed by atoms with Crippen LogP contribution in [0.1, 0.15) is 39.5 Å². The van der Waals surface area contributed by atoms with Crippen LogP contribution in [-0.2, 0) is 9.59 Å². The average Bonchev–Trinajstić information content (AvgIpc) is 2.60. The maximum Gasteiger partial charge on any atom is 0.311 e. The number of benzene rings is 1. The number of rotatable bonds is 8. The molecule has 0 bridgehead atoms. The lowest BCUT2D eigenvalue weighted by Crippen LogP contribution is -2.48. The SMILES string of the molecule is CCOc1ccc(OCCCC(=O)N2CCCC(C)(C(=O)O)C2)cc1. The summed E-state index contributed by atoms with van der Waals surface area (Å²) in [5, 5.41) is 9.32. The van der Waals surface area contributed by atoms with E-state index in [4.69, 9.17) is 9.47 Å². The Labute approximate surface area is 148 Å². The lowest BCUT2D eigenvalue weighted by atomic mass is 9.82. The van der Waals surface area contributed by atoms with E-state index >= 15 is 0 Å². The maximum absolute atomic E-state index is 12.3. The highest BCUT2D eigenvalue weighted by Crippen LogP contribution is 2.30. The van der Waals surface area contributed by atoms with Gasteiger partial charge in [0.1, 0.15) is 11.5 Å². The number of aliphatic carboxylic acids is 1. The molecular formula is C19H27NO5. The van der Waals surface area contributed by atoms with Crippen molar-refractivity contribution >= 4 is 11.9 Å². The van der Waals surface area contributed by atoms with Crippen molar-refractivity contribution in [1.29, 1.82) is 0 Å². The van der Waals surface area contributed by atoms with Gasteiger partial charge in [0.05, 0.1) is 18.6 Å². The largest absolute Gasteiger partial charge is 0.494 e. The first kappa shape index (κ1) is 19.1. The van der Waals surface area contributed by atoms with Gasteiger partial charge in [-0.2, -0.15) is 0 Å². The fourth-order valence-electron chi connectivity index (χ4n) is 3.00. The van der Waals surface area contributed by atoms with Crippen molar-refractivity contribution in [2.45, 2.75) is 39.5 Å². The monoisotopic (exact) mass is 349 g/mol. The number of amides is 1. The molecule has 0 spiro atoms. The number of hydrogen-bond acceptors (Lipinski definition) is 4. The van der Waals surface area contributed by atoms with Gasteiger partial charge in [-0.25, -0.2) is 0 Å². The first-order valence-corrected chi connectivity index (χ1v) is 8.81. The molecule has 1 aliphatic rings. The summed E-state index contributed by atoms with van der Waals surface area (Å²) in [6.07, 6.45) is 2.32. The van der Waals surface area contributed by atoms with Gasteiger partial charge >= 0.3 is 5.97 Å². The number of carbonyl (C=O) groups is 2. The molecule has 1 aromatic rings. The van der Waals surface area contributed by atoms with Crippen molar-refractivity contribution in [3.63, 3.8) is 0 Å². The number of likely N-dealkylation sites (tertiary alicyclic amines) is 1. The van der Waals surface area contributed by atoms with E-state index in [1.807, 2.05) is 31.2 Å². The maximum atomic E-state index is 12.3. The number of nitrogens with zero attached hydrogens (tertiary/aromatic N) is 1. The van der Waals surface area contributed by atoms with Crippen LogP contribution in [0.25, 0.3) is 0 Å². The van der Waals surface area contributed by atoms with E-state index in [1.54, 1.807) is 11.8 Å². The van der Waals surface area contributed by atoms with Gasteiger partial charge in [-0.1, -0.05) is 0 Å². The predicted molar refractivity (Wildman–Crippen MR) is 93.9 cm³/mol. The van der Waals surface area contributed by atoms with Crippen LogP contribution in [0.2, 0.25) is 0 Å². The van der Waals surface area contributed by atoms with Crippen molar-refractivity contribution in [2.24, 2.45) is 5.41 Å². The van der Waals surface area contributed by atoms with Gasteiger partial charge in [0.2, 0.25) is 5.91 Å². The summed E-state index contributed by atoms with van der Waals surface area (Å²) in [7, 11) is 0. The molecule has 1 atom stereocenters. The van der Waals surface area contributed by atoms with Crippen molar-refractivity contribution in [3.05, 3.63) is 24.3 Å². The van der Waals surface area contributed by atoms with Crippen LogP contribution in [-0.4, -0.2) is 48.2 Å². The minimum atomic E-state index is -0.830. The zero-order chi connectivity index (χ0) is 18.3. The summed E-state index contributed by atoms with van der Waals surface area (Å²) in [4.78, 5) is 25.3. The Morgan fingerprint density at radius 1 is 1.20 bits per heavy atom. The van der Waals surface area contributed by atoms with Crippen molar-refractivity contribution in [3.8, 4) is 11.5 Å². The third-order valence-corrected chi connectivity index (χ3v) is 4.50. The summed E-state index contributed by atoms with van der Waals surface area (Å²) in [5.74, 6) is 0.718.